The average Bonchev–Trinajstić information content (AvgIpc) is 2.71. The van der Waals surface area contributed by atoms with Gasteiger partial charge in [-0.2, -0.15) is 4.98 Å². The minimum absolute atomic E-state index is 0.0564. The highest BCUT2D eigenvalue weighted by Crippen LogP contribution is 2.04. The maximum Gasteiger partial charge on any atom is 0.226 e. The molecular weight excluding hydrogens is 246 g/mol. The van der Waals surface area contributed by atoms with Gasteiger partial charge in [-0.15, -0.1) is 0 Å². The van der Waals surface area contributed by atoms with Gasteiger partial charge in [-0.3, -0.25) is 4.79 Å². The Hall–Kier alpha value is -1.43. The molecule has 0 aliphatic rings. The number of aryl methyl sites for hydroxylation is 2. The molecule has 0 aliphatic carbocycles. The molecule has 108 valence electrons. The zero-order valence-corrected chi connectivity index (χ0v) is 11.8. The quantitative estimate of drug-likeness (QED) is 0.741. The van der Waals surface area contributed by atoms with Gasteiger partial charge in [-0.1, -0.05) is 19.0 Å². The van der Waals surface area contributed by atoms with Gasteiger partial charge in [0, 0.05) is 19.4 Å². The fourth-order valence-electron chi connectivity index (χ4n) is 1.79. The second kappa shape index (κ2) is 7.89. The van der Waals surface area contributed by atoms with E-state index in [4.69, 9.17) is 4.52 Å². The number of carbonyl (C=O) groups is 1. The Morgan fingerprint density at radius 3 is 2.79 bits per heavy atom. The number of nitrogens with one attached hydrogen (secondary N) is 1. The number of amides is 1. The van der Waals surface area contributed by atoms with E-state index in [0.717, 1.165) is 0 Å². The number of hydrogen-bond donors (Lipinski definition) is 2. The van der Waals surface area contributed by atoms with Gasteiger partial charge in [0.2, 0.25) is 11.8 Å². The van der Waals surface area contributed by atoms with Crippen LogP contribution in [0.4, 0.5) is 0 Å². The van der Waals surface area contributed by atoms with Gasteiger partial charge >= 0.3 is 0 Å². The van der Waals surface area contributed by atoms with Crippen molar-refractivity contribution in [3.8, 4) is 0 Å². The van der Waals surface area contributed by atoms with Crippen molar-refractivity contribution in [3.63, 3.8) is 0 Å². The van der Waals surface area contributed by atoms with E-state index >= 15 is 0 Å². The predicted molar refractivity (Wildman–Crippen MR) is 70.4 cm³/mol. The van der Waals surface area contributed by atoms with Crippen molar-refractivity contribution in [2.75, 3.05) is 6.54 Å². The monoisotopic (exact) mass is 269 g/mol. The summed E-state index contributed by atoms with van der Waals surface area (Å²) >= 11 is 0. The van der Waals surface area contributed by atoms with Crippen LogP contribution in [0.15, 0.2) is 4.52 Å². The third-order valence-corrected chi connectivity index (χ3v) is 2.64. The lowest BCUT2D eigenvalue weighted by atomic mass is 10.1. The first-order chi connectivity index (χ1) is 8.97. The molecule has 0 fully saturated rings. The number of nitrogens with zero attached hydrogens (tertiary/aromatic N) is 2. The second-order valence-electron chi connectivity index (χ2n) is 5.18. The van der Waals surface area contributed by atoms with E-state index in [9.17, 15) is 9.90 Å². The summed E-state index contributed by atoms with van der Waals surface area (Å²) in [6.07, 6.45) is 1.89. The fraction of sp³-hybridized carbons (Fsp3) is 0.769. The highest BCUT2D eigenvalue weighted by Gasteiger charge is 2.09. The molecule has 1 aromatic heterocycles. The van der Waals surface area contributed by atoms with Gasteiger partial charge in [0.05, 0.1) is 6.10 Å². The number of aliphatic hydroxyl groups excluding tert-OH is 1. The predicted octanol–water partition coefficient (Wildman–Crippen LogP) is 1.22. The van der Waals surface area contributed by atoms with Gasteiger partial charge in [-0.25, -0.2) is 0 Å². The summed E-state index contributed by atoms with van der Waals surface area (Å²) in [6, 6.07) is 0. The van der Waals surface area contributed by atoms with E-state index in [2.05, 4.69) is 15.5 Å². The SMILES string of the molecule is Cc1noc(CCCC(=O)NCC(O)CC(C)C)n1. The summed E-state index contributed by atoms with van der Waals surface area (Å²) in [7, 11) is 0. The zero-order chi connectivity index (χ0) is 14.3. The highest BCUT2D eigenvalue weighted by atomic mass is 16.5. The lowest BCUT2D eigenvalue weighted by molar-refractivity contribution is -0.121. The number of rotatable bonds is 8. The lowest BCUT2D eigenvalue weighted by Crippen LogP contribution is -2.32. The van der Waals surface area contributed by atoms with E-state index in [-0.39, 0.29) is 5.91 Å². The maximum atomic E-state index is 11.5. The van der Waals surface area contributed by atoms with Crippen LogP contribution < -0.4 is 5.32 Å². The lowest BCUT2D eigenvalue weighted by Gasteiger charge is -2.13. The van der Waals surface area contributed by atoms with E-state index in [1.54, 1.807) is 6.92 Å². The molecular formula is C13H23N3O3. The van der Waals surface area contributed by atoms with Crippen molar-refractivity contribution in [2.24, 2.45) is 5.92 Å². The van der Waals surface area contributed by atoms with Crippen molar-refractivity contribution in [1.82, 2.24) is 15.5 Å². The second-order valence-corrected chi connectivity index (χ2v) is 5.18. The third-order valence-electron chi connectivity index (χ3n) is 2.64. The Morgan fingerprint density at radius 1 is 1.47 bits per heavy atom. The van der Waals surface area contributed by atoms with Gasteiger partial charge in [0.1, 0.15) is 0 Å². The minimum atomic E-state index is -0.470. The summed E-state index contributed by atoms with van der Waals surface area (Å²) < 4.78 is 4.96. The van der Waals surface area contributed by atoms with Crippen LogP contribution in [-0.4, -0.2) is 33.8 Å². The molecule has 6 heteroatoms. The number of carbonyl (C=O) groups excluding carboxylic acids is 1. The largest absolute Gasteiger partial charge is 0.391 e. The first-order valence-electron chi connectivity index (χ1n) is 6.71. The molecule has 1 aromatic rings. The van der Waals surface area contributed by atoms with Gasteiger partial charge < -0.3 is 14.9 Å². The Morgan fingerprint density at radius 2 is 2.21 bits per heavy atom. The fourth-order valence-corrected chi connectivity index (χ4v) is 1.79. The van der Waals surface area contributed by atoms with E-state index in [0.29, 0.717) is 49.9 Å². The molecule has 2 N–H and O–H groups in total. The molecule has 1 atom stereocenters. The zero-order valence-electron chi connectivity index (χ0n) is 11.8. The van der Waals surface area contributed by atoms with E-state index < -0.39 is 6.10 Å². The van der Waals surface area contributed by atoms with E-state index in [1.807, 2.05) is 13.8 Å². The number of hydrogen-bond acceptors (Lipinski definition) is 5. The molecule has 6 nitrogen and oxygen atoms in total. The third kappa shape index (κ3) is 6.91. The topological polar surface area (TPSA) is 88.2 Å². The van der Waals surface area contributed by atoms with Crippen LogP contribution in [0.2, 0.25) is 0 Å². The molecule has 0 radical (unpaired) electrons. The Labute approximate surface area is 113 Å². The summed E-state index contributed by atoms with van der Waals surface area (Å²) in [6.45, 7) is 6.15. The average molecular weight is 269 g/mol. The summed E-state index contributed by atoms with van der Waals surface area (Å²) in [5, 5.41) is 16.0. The first-order valence-corrected chi connectivity index (χ1v) is 6.71. The van der Waals surface area contributed by atoms with Crippen molar-refractivity contribution in [3.05, 3.63) is 11.7 Å². The van der Waals surface area contributed by atoms with Crippen molar-refractivity contribution < 1.29 is 14.4 Å². The Kier molecular flexibility index (Phi) is 6.49. The number of aliphatic hydroxyl groups is 1. The van der Waals surface area contributed by atoms with Crippen LogP contribution in [0.5, 0.6) is 0 Å². The van der Waals surface area contributed by atoms with Crippen LogP contribution in [0.1, 0.15) is 44.8 Å². The van der Waals surface area contributed by atoms with Crippen LogP contribution in [0, 0.1) is 12.8 Å². The Bertz CT molecular complexity index is 390. The highest BCUT2D eigenvalue weighted by molar-refractivity contribution is 5.75. The molecule has 1 heterocycles. The van der Waals surface area contributed by atoms with Crippen LogP contribution in [0.25, 0.3) is 0 Å². The molecule has 1 unspecified atom stereocenters. The molecule has 1 amide bonds. The van der Waals surface area contributed by atoms with Crippen LogP contribution in [-0.2, 0) is 11.2 Å². The summed E-state index contributed by atoms with van der Waals surface area (Å²) in [4.78, 5) is 15.6. The Balaban J connectivity index is 2.11. The van der Waals surface area contributed by atoms with Gasteiger partial charge in [0.25, 0.3) is 0 Å². The molecule has 19 heavy (non-hydrogen) atoms. The van der Waals surface area contributed by atoms with E-state index in [1.165, 1.54) is 0 Å². The first kappa shape index (κ1) is 15.6. The summed E-state index contributed by atoms with van der Waals surface area (Å²) in [5.41, 5.74) is 0. The van der Waals surface area contributed by atoms with Crippen LogP contribution >= 0.6 is 0 Å². The van der Waals surface area contributed by atoms with Gasteiger partial charge in [-0.05, 0) is 25.7 Å². The maximum absolute atomic E-state index is 11.5. The van der Waals surface area contributed by atoms with Gasteiger partial charge in [0.15, 0.2) is 5.82 Å². The van der Waals surface area contributed by atoms with Crippen molar-refractivity contribution in [1.29, 1.82) is 0 Å². The summed E-state index contributed by atoms with van der Waals surface area (Å²) in [5.74, 6) is 1.54. The molecule has 0 aliphatic heterocycles. The minimum Gasteiger partial charge on any atom is -0.391 e. The van der Waals surface area contributed by atoms with Crippen molar-refractivity contribution in [2.45, 2.75) is 52.6 Å². The molecule has 0 spiro atoms. The molecule has 1 rings (SSSR count). The molecule has 0 saturated carbocycles. The van der Waals surface area contributed by atoms with Crippen molar-refractivity contribution >= 4 is 5.91 Å². The molecule has 0 aromatic carbocycles. The standard InChI is InChI=1S/C13H23N3O3/c1-9(2)7-11(17)8-14-12(18)5-4-6-13-15-10(3)16-19-13/h9,11,17H,4-8H2,1-3H3,(H,14,18). The van der Waals surface area contributed by atoms with Crippen LogP contribution in [0.3, 0.4) is 0 Å². The molecule has 0 bridgehead atoms. The normalized spacial score (nSPS) is 12.7. The smallest absolute Gasteiger partial charge is 0.226 e. The molecule has 0 saturated heterocycles. The number of aromatic nitrogens is 2.